The van der Waals surface area contributed by atoms with Crippen LogP contribution in [0.2, 0.25) is 5.02 Å². The summed E-state index contributed by atoms with van der Waals surface area (Å²) in [6, 6.07) is 13.7. The van der Waals surface area contributed by atoms with Crippen molar-refractivity contribution in [3.05, 3.63) is 70.5 Å². The van der Waals surface area contributed by atoms with Gasteiger partial charge in [0.05, 0.1) is 5.54 Å². The summed E-state index contributed by atoms with van der Waals surface area (Å²) in [5.41, 5.74) is 6.59. The Bertz CT molecular complexity index is 537. The molecular weight excluding hydrogens is 237 g/mol. The van der Waals surface area contributed by atoms with E-state index < -0.39 is 5.54 Å². The van der Waals surface area contributed by atoms with Crippen LogP contribution in [0.5, 0.6) is 0 Å². The van der Waals surface area contributed by atoms with Gasteiger partial charge in [-0.1, -0.05) is 41.9 Å². The van der Waals surface area contributed by atoms with Gasteiger partial charge < -0.3 is 5.73 Å². The van der Waals surface area contributed by atoms with Crippen molar-refractivity contribution < 1.29 is 4.39 Å². The van der Waals surface area contributed by atoms with Gasteiger partial charge in [-0.05, 0) is 30.7 Å². The predicted molar refractivity (Wildman–Crippen MR) is 68.5 cm³/mol. The SMILES string of the molecule is CC(N)(c1cccc(Cl)c1)c1ccccc1F. The molecule has 0 spiro atoms. The van der Waals surface area contributed by atoms with Crippen LogP contribution in [0.3, 0.4) is 0 Å². The highest BCUT2D eigenvalue weighted by Crippen LogP contribution is 2.29. The van der Waals surface area contributed by atoms with Crippen LogP contribution in [-0.2, 0) is 5.54 Å². The van der Waals surface area contributed by atoms with Crippen LogP contribution in [0.25, 0.3) is 0 Å². The third-order valence-corrected chi connectivity index (χ3v) is 3.09. The molecule has 0 radical (unpaired) electrons. The number of hydrogen-bond donors (Lipinski definition) is 1. The Morgan fingerprint density at radius 2 is 1.82 bits per heavy atom. The third-order valence-electron chi connectivity index (χ3n) is 2.86. The standard InChI is InChI=1S/C14H13ClFN/c1-14(17,10-5-4-6-11(15)9-10)12-7-2-3-8-13(12)16/h2-9H,17H2,1H3. The lowest BCUT2D eigenvalue weighted by atomic mass is 9.85. The summed E-state index contributed by atoms with van der Waals surface area (Å²) in [5, 5.41) is 0.593. The Hall–Kier alpha value is -1.38. The second kappa shape index (κ2) is 4.47. The fraction of sp³-hybridized carbons (Fsp3) is 0.143. The second-order valence-electron chi connectivity index (χ2n) is 4.19. The van der Waals surface area contributed by atoms with E-state index in [1.165, 1.54) is 6.07 Å². The highest BCUT2D eigenvalue weighted by molar-refractivity contribution is 6.30. The van der Waals surface area contributed by atoms with E-state index in [1.807, 2.05) is 12.1 Å². The first-order valence-electron chi connectivity index (χ1n) is 5.32. The van der Waals surface area contributed by atoms with E-state index in [1.54, 1.807) is 37.3 Å². The van der Waals surface area contributed by atoms with Crippen LogP contribution < -0.4 is 5.73 Å². The Morgan fingerprint density at radius 1 is 1.12 bits per heavy atom. The molecule has 0 aliphatic rings. The van der Waals surface area contributed by atoms with Crippen LogP contribution in [0, 0.1) is 5.82 Å². The number of benzene rings is 2. The molecule has 0 amide bonds. The highest BCUT2D eigenvalue weighted by Gasteiger charge is 2.26. The van der Waals surface area contributed by atoms with E-state index in [4.69, 9.17) is 17.3 Å². The molecule has 1 unspecified atom stereocenters. The Morgan fingerprint density at radius 3 is 2.47 bits per heavy atom. The van der Waals surface area contributed by atoms with Crippen LogP contribution in [0.15, 0.2) is 48.5 Å². The average Bonchev–Trinajstić information content (AvgIpc) is 2.29. The molecule has 1 atom stereocenters. The summed E-state index contributed by atoms with van der Waals surface area (Å²) in [6.45, 7) is 1.77. The van der Waals surface area contributed by atoms with E-state index in [0.717, 1.165) is 5.56 Å². The van der Waals surface area contributed by atoms with Gasteiger partial charge in [0.25, 0.3) is 0 Å². The van der Waals surface area contributed by atoms with E-state index in [0.29, 0.717) is 10.6 Å². The van der Waals surface area contributed by atoms with Gasteiger partial charge in [-0.2, -0.15) is 0 Å². The summed E-state index contributed by atoms with van der Waals surface area (Å²) in [5.74, 6) is -0.308. The van der Waals surface area contributed by atoms with E-state index >= 15 is 0 Å². The molecule has 1 nitrogen and oxygen atoms in total. The van der Waals surface area contributed by atoms with Crippen molar-refractivity contribution >= 4 is 11.6 Å². The van der Waals surface area contributed by atoms with Crippen molar-refractivity contribution in [2.75, 3.05) is 0 Å². The Kier molecular flexibility index (Phi) is 3.18. The number of rotatable bonds is 2. The summed E-state index contributed by atoms with van der Waals surface area (Å²) < 4.78 is 13.8. The molecule has 88 valence electrons. The largest absolute Gasteiger partial charge is 0.318 e. The molecule has 0 fully saturated rings. The smallest absolute Gasteiger partial charge is 0.128 e. The molecule has 0 saturated carbocycles. The van der Waals surface area contributed by atoms with Crippen LogP contribution in [-0.4, -0.2) is 0 Å². The maximum Gasteiger partial charge on any atom is 0.128 e. The van der Waals surface area contributed by atoms with E-state index in [9.17, 15) is 4.39 Å². The Labute approximate surface area is 105 Å². The third kappa shape index (κ3) is 2.33. The quantitative estimate of drug-likeness (QED) is 0.863. The zero-order chi connectivity index (χ0) is 12.5. The normalized spacial score (nSPS) is 14.4. The molecule has 2 aromatic carbocycles. The maximum absolute atomic E-state index is 13.8. The molecule has 3 heteroatoms. The van der Waals surface area contributed by atoms with Crippen molar-refractivity contribution in [3.63, 3.8) is 0 Å². The van der Waals surface area contributed by atoms with Crippen molar-refractivity contribution in [3.8, 4) is 0 Å². The van der Waals surface area contributed by atoms with Gasteiger partial charge in [0.1, 0.15) is 5.82 Å². The lowest BCUT2D eigenvalue weighted by Gasteiger charge is -2.26. The van der Waals surface area contributed by atoms with Gasteiger partial charge in [0.2, 0.25) is 0 Å². The fourth-order valence-electron chi connectivity index (χ4n) is 1.85. The summed E-state index contributed by atoms with van der Waals surface area (Å²) in [7, 11) is 0. The summed E-state index contributed by atoms with van der Waals surface area (Å²) >= 11 is 5.93. The van der Waals surface area contributed by atoms with Gasteiger partial charge in [-0.25, -0.2) is 4.39 Å². The van der Waals surface area contributed by atoms with Crippen molar-refractivity contribution in [1.82, 2.24) is 0 Å². The maximum atomic E-state index is 13.8. The Balaban J connectivity index is 2.53. The minimum atomic E-state index is -0.893. The lowest BCUT2D eigenvalue weighted by molar-refractivity contribution is 0.531. The van der Waals surface area contributed by atoms with E-state index in [2.05, 4.69) is 0 Å². The van der Waals surface area contributed by atoms with Gasteiger partial charge in [-0.15, -0.1) is 0 Å². The fourth-order valence-corrected chi connectivity index (χ4v) is 2.04. The number of halogens is 2. The minimum Gasteiger partial charge on any atom is -0.318 e. The molecular formula is C14H13ClFN. The van der Waals surface area contributed by atoms with Gasteiger partial charge in [0.15, 0.2) is 0 Å². The van der Waals surface area contributed by atoms with Gasteiger partial charge >= 0.3 is 0 Å². The van der Waals surface area contributed by atoms with Crippen LogP contribution >= 0.6 is 11.6 Å². The second-order valence-corrected chi connectivity index (χ2v) is 4.63. The van der Waals surface area contributed by atoms with Crippen LogP contribution in [0.1, 0.15) is 18.1 Å². The summed E-state index contributed by atoms with van der Waals surface area (Å²) in [4.78, 5) is 0. The number of hydrogen-bond acceptors (Lipinski definition) is 1. The monoisotopic (exact) mass is 249 g/mol. The van der Waals surface area contributed by atoms with Crippen LogP contribution in [0.4, 0.5) is 4.39 Å². The zero-order valence-electron chi connectivity index (χ0n) is 9.45. The molecule has 0 heterocycles. The molecule has 0 aliphatic heterocycles. The van der Waals surface area contributed by atoms with Gasteiger partial charge in [-0.3, -0.25) is 0 Å². The first kappa shape index (κ1) is 12.1. The number of nitrogens with two attached hydrogens (primary N) is 1. The minimum absolute atomic E-state index is 0.308. The van der Waals surface area contributed by atoms with Crippen molar-refractivity contribution in [1.29, 1.82) is 0 Å². The molecule has 0 aliphatic carbocycles. The lowest BCUT2D eigenvalue weighted by Crippen LogP contribution is -2.35. The predicted octanol–water partition coefficient (Wildman–Crippen LogP) is 3.70. The van der Waals surface area contributed by atoms with E-state index in [-0.39, 0.29) is 5.82 Å². The molecule has 2 aromatic rings. The zero-order valence-corrected chi connectivity index (χ0v) is 10.2. The summed E-state index contributed by atoms with van der Waals surface area (Å²) in [6.07, 6.45) is 0. The first-order chi connectivity index (χ1) is 8.01. The van der Waals surface area contributed by atoms with Crippen molar-refractivity contribution in [2.45, 2.75) is 12.5 Å². The van der Waals surface area contributed by atoms with Gasteiger partial charge in [0, 0.05) is 10.6 Å². The molecule has 2 N–H and O–H groups in total. The molecule has 0 bridgehead atoms. The van der Waals surface area contributed by atoms with Crippen molar-refractivity contribution in [2.24, 2.45) is 5.73 Å². The highest BCUT2D eigenvalue weighted by atomic mass is 35.5. The first-order valence-corrected chi connectivity index (χ1v) is 5.69. The molecule has 0 aromatic heterocycles. The topological polar surface area (TPSA) is 26.0 Å². The molecule has 0 saturated heterocycles. The average molecular weight is 250 g/mol. The molecule has 17 heavy (non-hydrogen) atoms. The molecule has 2 rings (SSSR count).